The maximum absolute atomic E-state index is 14.3. The second-order valence-electron chi connectivity index (χ2n) is 7.09. The Bertz CT molecular complexity index is 1060. The average molecular weight is 395 g/mol. The van der Waals surface area contributed by atoms with Gasteiger partial charge in [0.25, 0.3) is 0 Å². The molecular formula is C21H22FN5O2. The number of ether oxygens (including phenoxy) is 1. The number of hydrogen-bond acceptors (Lipinski definition) is 7. The summed E-state index contributed by atoms with van der Waals surface area (Å²) in [6.45, 7) is 4.06. The van der Waals surface area contributed by atoms with Gasteiger partial charge in [-0.2, -0.15) is 0 Å². The van der Waals surface area contributed by atoms with Crippen LogP contribution < -0.4 is 5.73 Å². The molecule has 1 unspecified atom stereocenters. The maximum atomic E-state index is 14.3. The Kier molecular flexibility index (Phi) is 5.46. The van der Waals surface area contributed by atoms with Crippen LogP contribution in [0.15, 0.2) is 36.7 Å². The minimum atomic E-state index is -0.410. The molecule has 1 saturated heterocycles. The Labute approximate surface area is 167 Å². The highest BCUT2D eigenvalue weighted by Gasteiger charge is 2.25. The number of benzene rings is 1. The van der Waals surface area contributed by atoms with Gasteiger partial charge in [0.2, 0.25) is 0 Å². The number of rotatable bonds is 5. The normalized spacial score (nSPS) is 17.5. The largest absolute Gasteiger partial charge is 0.382 e. The lowest BCUT2D eigenvalue weighted by Crippen LogP contribution is -2.45. The number of anilines is 1. The highest BCUT2D eigenvalue weighted by atomic mass is 19.1. The Morgan fingerprint density at radius 1 is 1.31 bits per heavy atom. The zero-order chi connectivity index (χ0) is 20.4. The van der Waals surface area contributed by atoms with Gasteiger partial charge in [-0.05, 0) is 35.9 Å². The van der Waals surface area contributed by atoms with Gasteiger partial charge in [0.1, 0.15) is 23.8 Å². The van der Waals surface area contributed by atoms with Crippen molar-refractivity contribution in [2.45, 2.75) is 26.0 Å². The standard InChI is InChI=1S/C21H22FN5O2/c1-2-18(28)19-11-27(5-6-29-19)10-13-7-14(9-15(22)8-13)16-3-4-17-20(26-16)21(23)25-12-24-17/h3-4,7-9,12,19H,2,5-6,10-11H2,1H3,(H2,23,24,25). The summed E-state index contributed by atoms with van der Waals surface area (Å²) in [6.07, 6.45) is 1.42. The van der Waals surface area contributed by atoms with Crippen molar-refractivity contribution in [3.63, 3.8) is 0 Å². The van der Waals surface area contributed by atoms with Gasteiger partial charge in [-0.15, -0.1) is 0 Å². The predicted molar refractivity (Wildman–Crippen MR) is 107 cm³/mol. The predicted octanol–water partition coefficient (Wildman–Crippen LogP) is 2.59. The molecule has 0 aliphatic carbocycles. The number of hydrogen-bond donors (Lipinski definition) is 1. The summed E-state index contributed by atoms with van der Waals surface area (Å²) < 4.78 is 19.9. The van der Waals surface area contributed by atoms with Gasteiger partial charge in [-0.25, -0.2) is 19.3 Å². The third-order valence-corrected chi connectivity index (χ3v) is 5.03. The van der Waals surface area contributed by atoms with Crippen LogP contribution in [0.1, 0.15) is 18.9 Å². The van der Waals surface area contributed by atoms with E-state index in [1.54, 1.807) is 12.1 Å². The van der Waals surface area contributed by atoms with E-state index in [0.717, 1.165) is 5.56 Å². The SMILES string of the molecule is CCC(=O)C1CN(Cc2cc(F)cc(-c3ccc4ncnc(N)c4n3)c2)CCO1. The van der Waals surface area contributed by atoms with Gasteiger partial charge < -0.3 is 10.5 Å². The number of ketones is 1. The second kappa shape index (κ2) is 8.18. The summed E-state index contributed by atoms with van der Waals surface area (Å²) in [4.78, 5) is 26.7. The van der Waals surface area contributed by atoms with Crippen molar-refractivity contribution in [2.75, 3.05) is 25.4 Å². The fraction of sp³-hybridized carbons (Fsp3) is 0.333. The lowest BCUT2D eigenvalue weighted by atomic mass is 10.1. The average Bonchev–Trinajstić information content (AvgIpc) is 2.73. The van der Waals surface area contributed by atoms with Crippen LogP contribution in [0.3, 0.4) is 0 Å². The maximum Gasteiger partial charge on any atom is 0.162 e. The number of aromatic nitrogens is 3. The molecule has 2 aromatic heterocycles. The highest BCUT2D eigenvalue weighted by Crippen LogP contribution is 2.25. The van der Waals surface area contributed by atoms with Gasteiger partial charge in [0.05, 0.1) is 17.8 Å². The molecule has 1 aliphatic heterocycles. The molecule has 1 fully saturated rings. The molecule has 0 radical (unpaired) electrons. The molecule has 4 rings (SSSR count). The number of halogens is 1. The first kappa shape index (κ1) is 19.4. The summed E-state index contributed by atoms with van der Waals surface area (Å²) in [5.74, 6) is 0.0364. The van der Waals surface area contributed by atoms with Crippen molar-refractivity contribution in [2.24, 2.45) is 0 Å². The minimum absolute atomic E-state index is 0.0924. The number of morpholine rings is 1. The van der Waals surface area contributed by atoms with E-state index >= 15 is 0 Å². The summed E-state index contributed by atoms with van der Waals surface area (Å²) in [6, 6.07) is 8.44. The summed E-state index contributed by atoms with van der Waals surface area (Å²) in [5.41, 5.74) is 9.09. The van der Waals surface area contributed by atoms with E-state index < -0.39 is 6.10 Å². The molecule has 2 N–H and O–H groups in total. The molecular weight excluding hydrogens is 373 g/mol. The van der Waals surface area contributed by atoms with Crippen molar-refractivity contribution in [3.8, 4) is 11.3 Å². The van der Waals surface area contributed by atoms with Crippen LogP contribution in [0, 0.1) is 5.82 Å². The summed E-state index contributed by atoms with van der Waals surface area (Å²) in [7, 11) is 0. The molecule has 1 aromatic carbocycles. The smallest absolute Gasteiger partial charge is 0.162 e. The third kappa shape index (κ3) is 4.23. The first-order valence-electron chi connectivity index (χ1n) is 9.57. The minimum Gasteiger partial charge on any atom is -0.382 e. The van der Waals surface area contributed by atoms with Gasteiger partial charge >= 0.3 is 0 Å². The zero-order valence-corrected chi connectivity index (χ0v) is 16.1. The number of nitrogens with zero attached hydrogens (tertiary/aromatic N) is 4. The monoisotopic (exact) mass is 395 g/mol. The Morgan fingerprint density at radius 2 is 2.17 bits per heavy atom. The van der Waals surface area contributed by atoms with Gasteiger partial charge in [-0.1, -0.05) is 6.92 Å². The van der Waals surface area contributed by atoms with Crippen LogP contribution in [0.2, 0.25) is 0 Å². The van der Waals surface area contributed by atoms with E-state index in [0.29, 0.717) is 55.0 Å². The number of fused-ring (bicyclic) bond motifs is 1. The number of nitrogens with two attached hydrogens (primary N) is 1. The molecule has 0 saturated carbocycles. The van der Waals surface area contributed by atoms with Crippen molar-refractivity contribution >= 4 is 22.6 Å². The van der Waals surface area contributed by atoms with E-state index in [4.69, 9.17) is 10.5 Å². The fourth-order valence-electron chi connectivity index (χ4n) is 3.54. The lowest BCUT2D eigenvalue weighted by Gasteiger charge is -2.32. The van der Waals surface area contributed by atoms with Crippen LogP contribution in [-0.4, -0.2) is 51.4 Å². The first-order chi connectivity index (χ1) is 14.0. The number of carbonyl (C=O) groups is 1. The topological polar surface area (TPSA) is 94.2 Å². The number of Topliss-reactive ketones (excluding diaryl/α,β-unsaturated/α-hetero) is 1. The van der Waals surface area contributed by atoms with E-state index in [1.807, 2.05) is 13.0 Å². The van der Waals surface area contributed by atoms with Crippen molar-refractivity contribution in [1.29, 1.82) is 0 Å². The molecule has 0 bridgehead atoms. The number of pyridine rings is 1. The Balaban J connectivity index is 1.60. The Hall–Kier alpha value is -2.97. The first-order valence-corrected chi connectivity index (χ1v) is 9.57. The molecule has 1 atom stereocenters. The third-order valence-electron chi connectivity index (χ3n) is 5.03. The molecule has 150 valence electrons. The number of nitrogen functional groups attached to an aromatic ring is 1. The van der Waals surface area contributed by atoms with Crippen LogP contribution in [0.25, 0.3) is 22.3 Å². The van der Waals surface area contributed by atoms with Crippen LogP contribution in [0.5, 0.6) is 0 Å². The molecule has 29 heavy (non-hydrogen) atoms. The zero-order valence-electron chi connectivity index (χ0n) is 16.1. The van der Waals surface area contributed by atoms with Crippen LogP contribution in [0.4, 0.5) is 10.2 Å². The molecule has 8 heteroatoms. The van der Waals surface area contributed by atoms with Gasteiger partial charge in [0.15, 0.2) is 11.6 Å². The molecule has 0 spiro atoms. The van der Waals surface area contributed by atoms with E-state index in [1.165, 1.54) is 18.5 Å². The fourth-order valence-corrected chi connectivity index (χ4v) is 3.54. The molecule has 0 amide bonds. The van der Waals surface area contributed by atoms with Gasteiger partial charge in [-0.3, -0.25) is 9.69 Å². The molecule has 3 aromatic rings. The quantitative estimate of drug-likeness (QED) is 0.709. The van der Waals surface area contributed by atoms with Crippen molar-refractivity contribution in [3.05, 3.63) is 48.0 Å². The highest BCUT2D eigenvalue weighted by molar-refractivity contribution is 5.85. The van der Waals surface area contributed by atoms with Gasteiger partial charge in [0, 0.05) is 31.6 Å². The van der Waals surface area contributed by atoms with Crippen molar-refractivity contribution in [1.82, 2.24) is 19.9 Å². The lowest BCUT2D eigenvalue weighted by molar-refractivity contribution is -0.136. The molecule has 7 nitrogen and oxygen atoms in total. The molecule has 1 aliphatic rings. The summed E-state index contributed by atoms with van der Waals surface area (Å²) >= 11 is 0. The van der Waals surface area contributed by atoms with E-state index in [-0.39, 0.29) is 17.4 Å². The summed E-state index contributed by atoms with van der Waals surface area (Å²) in [5, 5.41) is 0. The second-order valence-corrected chi connectivity index (χ2v) is 7.09. The Morgan fingerprint density at radius 3 is 3.00 bits per heavy atom. The van der Waals surface area contributed by atoms with Crippen LogP contribution in [-0.2, 0) is 16.1 Å². The van der Waals surface area contributed by atoms with Crippen molar-refractivity contribution < 1.29 is 13.9 Å². The number of carbonyl (C=O) groups excluding carboxylic acids is 1. The molecule has 3 heterocycles. The van der Waals surface area contributed by atoms with Crippen LogP contribution >= 0.6 is 0 Å². The van der Waals surface area contributed by atoms with E-state index in [9.17, 15) is 9.18 Å². The van der Waals surface area contributed by atoms with E-state index in [2.05, 4.69) is 19.9 Å².